The predicted octanol–water partition coefficient (Wildman–Crippen LogP) is 3.21. The van der Waals surface area contributed by atoms with Gasteiger partial charge in [-0.15, -0.1) is 0 Å². The molecule has 0 fully saturated rings. The highest BCUT2D eigenvalue weighted by atomic mass is 19.4. The van der Waals surface area contributed by atoms with E-state index in [4.69, 9.17) is 9.84 Å². The second-order valence-corrected chi connectivity index (χ2v) is 5.51. The normalized spacial score (nSPS) is 13.5. The van der Waals surface area contributed by atoms with Crippen molar-refractivity contribution in [1.29, 1.82) is 0 Å². The number of alkyl halides is 3. The molecule has 0 aliphatic carbocycles. The van der Waals surface area contributed by atoms with E-state index in [9.17, 15) is 13.2 Å². The monoisotopic (exact) mass is 305 g/mol. The van der Waals surface area contributed by atoms with E-state index in [1.165, 1.54) is 13.0 Å². The van der Waals surface area contributed by atoms with Crippen LogP contribution in [0.25, 0.3) is 0 Å². The van der Waals surface area contributed by atoms with Gasteiger partial charge >= 0.3 is 6.18 Å². The molecule has 21 heavy (non-hydrogen) atoms. The van der Waals surface area contributed by atoms with Crippen LogP contribution in [-0.2, 0) is 12.7 Å². The molecule has 1 aromatic rings. The predicted molar refractivity (Wildman–Crippen MR) is 75.2 cm³/mol. The summed E-state index contributed by atoms with van der Waals surface area (Å²) in [5.41, 5.74) is -0.264. The van der Waals surface area contributed by atoms with Gasteiger partial charge < -0.3 is 15.2 Å². The fourth-order valence-corrected chi connectivity index (χ4v) is 1.75. The van der Waals surface area contributed by atoms with Crippen molar-refractivity contribution >= 4 is 0 Å². The zero-order valence-corrected chi connectivity index (χ0v) is 12.5. The second kappa shape index (κ2) is 7.66. The van der Waals surface area contributed by atoms with Crippen LogP contribution in [0.2, 0.25) is 0 Å². The molecule has 6 heteroatoms. The fraction of sp³-hybridized carbons (Fsp3) is 0.600. The van der Waals surface area contributed by atoms with E-state index in [-0.39, 0.29) is 12.4 Å². The van der Waals surface area contributed by atoms with Gasteiger partial charge in [0.1, 0.15) is 12.4 Å². The first-order valence-corrected chi connectivity index (χ1v) is 6.92. The van der Waals surface area contributed by atoms with Crippen LogP contribution in [0.15, 0.2) is 18.2 Å². The Morgan fingerprint density at radius 1 is 1.24 bits per heavy atom. The molecule has 0 aliphatic rings. The Labute approximate surface area is 123 Å². The molecule has 0 amide bonds. The molecule has 0 spiro atoms. The standard InChI is InChI=1S/C15H22F3NO2/c1-10(2)7-19-8-12-4-5-14(21-9-11(3)20)13(6-12)15(16,17)18/h4-6,10-11,19-20H,7-9H2,1-3H3. The first-order valence-electron chi connectivity index (χ1n) is 6.92. The lowest BCUT2D eigenvalue weighted by Crippen LogP contribution is -2.20. The van der Waals surface area contributed by atoms with Gasteiger partial charge in [-0.3, -0.25) is 0 Å². The number of benzene rings is 1. The van der Waals surface area contributed by atoms with Crippen molar-refractivity contribution in [3.8, 4) is 5.75 Å². The zero-order chi connectivity index (χ0) is 16.0. The van der Waals surface area contributed by atoms with E-state index in [1.807, 2.05) is 13.8 Å². The number of hydrogen-bond donors (Lipinski definition) is 2. The number of nitrogens with one attached hydrogen (secondary N) is 1. The van der Waals surface area contributed by atoms with Gasteiger partial charge in [0.05, 0.1) is 11.7 Å². The van der Waals surface area contributed by atoms with Crippen molar-refractivity contribution in [2.24, 2.45) is 5.92 Å². The Bertz CT molecular complexity index is 445. The van der Waals surface area contributed by atoms with Gasteiger partial charge in [-0.2, -0.15) is 13.2 Å². The van der Waals surface area contributed by atoms with Gasteiger partial charge in [-0.1, -0.05) is 19.9 Å². The highest BCUT2D eigenvalue weighted by Gasteiger charge is 2.34. The molecule has 0 bridgehead atoms. The smallest absolute Gasteiger partial charge is 0.419 e. The SMILES string of the molecule is CC(C)CNCc1ccc(OCC(C)O)c(C(F)(F)F)c1. The van der Waals surface area contributed by atoms with Gasteiger partial charge in [0.15, 0.2) is 0 Å². The van der Waals surface area contributed by atoms with E-state index in [0.717, 1.165) is 12.6 Å². The van der Waals surface area contributed by atoms with Crippen LogP contribution in [0.3, 0.4) is 0 Å². The largest absolute Gasteiger partial charge is 0.490 e. The van der Waals surface area contributed by atoms with Crippen LogP contribution in [0.1, 0.15) is 31.9 Å². The van der Waals surface area contributed by atoms with Crippen molar-refractivity contribution in [3.63, 3.8) is 0 Å². The molecule has 1 unspecified atom stereocenters. The van der Waals surface area contributed by atoms with Gasteiger partial charge in [0, 0.05) is 6.54 Å². The second-order valence-electron chi connectivity index (χ2n) is 5.51. The zero-order valence-electron chi connectivity index (χ0n) is 12.5. The van der Waals surface area contributed by atoms with Gasteiger partial charge in [-0.25, -0.2) is 0 Å². The molecule has 0 aliphatic heterocycles. The van der Waals surface area contributed by atoms with Crippen LogP contribution in [-0.4, -0.2) is 24.4 Å². The summed E-state index contributed by atoms with van der Waals surface area (Å²) in [6.07, 6.45) is -5.30. The van der Waals surface area contributed by atoms with Crippen LogP contribution >= 0.6 is 0 Å². The number of hydrogen-bond acceptors (Lipinski definition) is 3. The lowest BCUT2D eigenvalue weighted by Gasteiger charge is -2.16. The molecule has 3 nitrogen and oxygen atoms in total. The summed E-state index contributed by atoms with van der Waals surface area (Å²) in [5.74, 6) is 0.178. The quantitative estimate of drug-likeness (QED) is 0.813. The van der Waals surface area contributed by atoms with Crippen molar-refractivity contribution in [1.82, 2.24) is 5.32 Å². The van der Waals surface area contributed by atoms with Crippen molar-refractivity contribution in [2.75, 3.05) is 13.2 Å². The Morgan fingerprint density at radius 2 is 1.90 bits per heavy atom. The number of halogens is 3. The number of ether oxygens (including phenoxy) is 1. The first-order chi connectivity index (χ1) is 9.70. The maximum absolute atomic E-state index is 13.0. The summed E-state index contributed by atoms with van der Waals surface area (Å²) < 4.78 is 44.2. The van der Waals surface area contributed by atoms with Crippen molar-refractivity contribution in [2.45, 2.75) is 39.6 Å². The number of aliphatic hydroxyl groups is 1. The third kappa shape index (κ3) is 6.35. The van der Waals surface area contributed by atoms with Crippen LogP contribution < -0.4 is 10.1 Å². The maximum atomic E-state index is 13.0. The minimum atomic E-state index is -4.48. The molecule has 0 aromatic heterocycles. The Hall–Kier alpha value is -1.27. The van der Waals surface area contributed by atoms with Crippen molar-refractivity contribution in [3.05, 3.63) is 29.3 Å². The topological polar surface area (TPSA) is 41.5 Å². The third-order valence-electron chi connectivity index (χ3n) is 2.71. The molecule has 0 heterocycles. The van der Waals surface area contributed by atoms with Gasteiger partial charge in [-0.05, 0) is 37.1 Å². The van der Waals surface area contributed by atoms with Gasteiger partial charge in [0.25, 0.3) is 0 Å². The summed E-state index contributed by atoms with van der Waals surface area (Å²) in [4.78, 5) is 0. The summed E-state index contributed by atoms with van der Waals surface area (Å²) >= 11 is 0. The van der Waals surface area contributed by atoms with Gasteiger partial charge in [0.2, 0.25) is 0 Å². The molecular formula is C15H22F3NO2. The molecule has 1 aromatic carbocycles. The maximum Gasteiger partial charge on any atom is 0.419 e. The molecule has 1 atom stereocenters. The molecule has 1 rings (SSSR count). The van der Waals surface area contributed by atoms with E-state index in [1.54, 1.807) is 6.07 Å². The first kappa shape index (κ1) is 17.8. The summed E-state index contributed by atoms with van der Waals surface area (Å²) in [6.45, 7) is 6.45. The Kier molecular flexibility index (Phi) is 6.48. The molecule has 0 saturated carbocycles. The van der Waals surface area contributed by atoms with Crippen LogP contribution in [0, 0.1) is 5.92 Å². The number of rotatable bonds is 7. The summed E-state index contributed by atoms with van der Waals surface area (Å²) in [7, 11) is 0. The Balaban J connectivity index is 2.86. The van der Waals surface area contributed by atoms with Crippen LogP contribution in [0.4, 0.5) is 13.2 Å². The fourth-order valence-electron chi connectivity index (χ4n) is 1.75. The number of aliphatic hydroxyl groups excluding tert-OH is 1. The minimum Gasteiger partial charge on any atom is -0.490 e. The minimum absolute atomic E-state index is 0.173. The summed E-state index contributed by atoms with van der Waals surface area (Å²) in [5, 5.41) is 12.2. The van der Waals surface area contributed by atoms with E-state index in [0.29, 0.717) is 18.0 Å². The van der Waals surface area contributed by atoms with Crippen molar-refractivity contribution < 1.29 is 23.0 Å². The average molecular weight is 305 g/mol. The lowest BCUT2D eigenvalue weighted by atomic mass is 10.1. The third-order valence-corrected chi connectivity index (χ3v) is 2.71. The molecule has 0 saturated heterocycles. The molecule has 0 radical (unpaired) electrons. The average Bonchev–Trinajstić information content (AvgIpc) is 2.35. The molecular weight excluding hydrogens is 283 g/mol. The van der Waals surface area contributed by atoms with E-state index < -0.39 is 17.8 Å². The van der Waals surface area contributed by atoms with E-state index in [2.05, 4.69) is 5.32 Å². The molecule has 120 valence electrons. The lowest BCUT2D eigenvalue weighted by molar-refractivity contribution is -0.139. The van der Waals surface area contributed by atoms with Crippen LogP contribution in [0.5, 0.6) is 5.75 Å². The van der Waals surface area contributed by atoms with E-state index >= 15 is 0 Å². The Morgan fingerprint density at radius 3 is 2.43 bits per heavy atom. The highest BCUT2D eigenvalue weighted by Crippen LogP contribution is 2.36. The summed E-state index contributed by atoms with van der Waals surface area (Å²) in [6, 6.07) is 3.99. The highest BCUT2D eigenvalue weighted by molar-refractivity contribution is 5.39. The molecule has 2 N–H and O–H groups in total.